The number of amides is 1. The Morgan fingerprint density at radius 1 is 1.04 bits per heavy atom. The van der Waals surface area contributed by atoms with Crippen LogP contribution in [0.1, 0.15) is 44.2 Å². The van der Waals surface area contributed by atoms with E-state index in [1.165, 1.54) is 37.8 Å². The molecule has 2 aromatic carbocycles. The van der Waals surface area contributed by atoms with E-state index in [4.69, 9.17) is 0 Å². The second-order valence-electron chi connectivity index (χ2n) is 8.13. The molecule has 0 spiro atoms. The summed E-state index contributed by atoms with van der Waals surface area (Å²) in [5.74, 6) is 1.91. The van der Waals surface area contributed by atoms with Crippen LogP contribution in [0, 0.1) is 23.6 Å². The first kappa shape index (κ1) is 18.2. The van der Waals surface area contributed by atoms with Gasteiger partial charge in [-0.15, -0.1) is 0 Å². The van der Waals surface area contributed by atoms with Gasteiger partial charge in [0.2, 0.25) is 5.91 Å². The molecule has 0 unspecified atom stereocenters. The Labute approximate surface area is 160 Å². The van der Waals surface area contributed by atoms with E-state index in [1.54, 1.807) is 12.1 Å². The molecule has 2 fully saturated rings. The molecule has 4 rings (SSSR count). The largest absolute Gasteiger partial charge is 0.324 e. The highest BCUT2D eigenvalue weighted by Crippen LogP contribution is 2.49. The highest BCUT2D eigenvalue weighted by molar-refractivity contribution is 5.95. The smallest absolute Gasteiger partial charge is 0.246 e. The van der Waals surface area contributed by atoms with E-state index in [1.807, 2.05) is 30.3 Å². The van der Waals surface area contributed by atoms with Crippen LogP contribution in [-0.2, 0) is 4.79 Å². The minimum atomic E-state index is -0.426. The lowest BCUT2D eigenvalue weighted by molar-refractivity contribution is -0.118. The van der Waals surface area contributed by atoms with Gasteiger partial charge in [0.25, 0.3) is 0 Å². The molecule has 27 heavy (non-hydrogen) atoms. The molecule has 2 N–H and O–H groups in total. The summed E-state index contributed by atoms with van der Waals surface area (Å²) in [6.07, 6.45) is 5.34. The normalized spacial score (nSPS) is 25.9. The third-order valence-electron chi connectivity index (χ3n) is 6.37. The maximum absolute atomic E-state index is 13.1. The van der Waals surface area contributed by atoms with Crippen LogP contribution < -0.4 is 10.6 Å². The maximum atomic E-state index is 13.1. The molecule has 0 aliphatic heterocycles. The number of carbonyl (C=O) groups is 1. The molecular formula is C23H27FN2O. The molecule has 0 radical (unpaired) electrons. The van der Waals surface area contributed by atoms with Crippen LogP contribution in [0.15, 0.2) is 54.6 Å². The predicted octanol–water partition coefficient (Wildman–Crippen LogP) is 4.92. The highest BCUT2D eigenvalue weighted by atomic mass is 19.1. The average Bonchev–Trinajstić information content (AvgIpc) is 3.32. The molecule has 0 heterocycles. The minimum Gasteiger partial charge on any atom is -0.324 e. The Balaban J connectivity index is 1.50. The summed E-state index contributed by atoms with van der Waals surface area (Å²) in [7, 11) is 0. The van der Waals surface area contributed by atoms with Gasteiger partial charge < -0.3 is 5.32 Å². The number of nitrogens with one attached hydrogen (secondary N) is 2. The summed E-state index contributed by atoms with van der Waals surface area (Å²) in [6.45, 7) is 2.21. The van der Waals surface area contributed by atoms with E-state index in [0.29, 0.717) is 11.6 Å². The minimum absolute atomic E-state index is 0.109. The number of rotatable bonds is 6. The van der Waals surface area contributed by atoms with Crippen LogP contribution in [-0.4, -0.2) is 11.9 Å². The molecule has 0 saturated heterocycles. The molecule has 1 amide bonds. The molecule has 2 saturated carbocycles. The zero-order chi connectivity index (χ0) is 18.8. The first-order valence-electron chi connectivity index (χ1n) is 9.97. The quantitative estimate of drug-likeness (QED) is 0.762. The molecule has 3 nitrogen and oxygen atoms in total. The number of hydrogen-bond donors (Lipinski definition) is 2. The number of hydrogen-bond acceptors (Lipinski definition) is 2. The molecule has 142 valence electrons. The Hall–Kier alpha value is -2.20. The monoisotopic (exact) mass is 366 g/mol. The second kappa shape index (κ2) is 7.81. The van der Waals surface area contributed by atoms with Gasteiger partial charge in [0.15, 0.2) is 0 Å². The van der Waals surface area contributed by atoms with Crippen molar-refractivity contribution in [2.45, 2.75) is 44.7 Å². The number of benzene rings is 2. The van der Waals surface area contributed by atoms with E-state index in [9.17, 15) is 9.18 Å². The summed E-state index contributed by atoms with van der Waals surface area (Å²) in [6, 6.07) is 15.6. The summed E-state index contributed by atoms with van der Waals surface area (Å²) in [4.78, 5) is 13.0. The lowest BCUT2D eigenvalue weighted by Crippen LogP contribution is -2.43. The van der Waals surface area contributed by atoms with Crippen LogP contribution in [0.5, 0.6) is 0 Å². The van der Waals surface area contributed by atoms with Crippen molar-refractivity contribution in [1.29, 1.82) is 0 Å². The van der Waals surface area contributed by atoms with Crippen LogP contribution in [0.3, 0.4) is 0 Å². The van der Waals surface area contributed by atoms with Crippen molar-refractivity contribution in [2.24, 2.45) is 17.8 Å². The van der Waals surface area contributed by atoms with Crippen LogP contribution in [0.2, 0.25) is 0 Å². The van der Waals surface area contributed by atoms with E-state index in [2.05, 4.69) is 17.6 Å². The van der Waals surface area contributed by atoms with Gasteiger partial charge in [-0.1, -0.05) is 36.8 Å². The molecular weight excluding hydrogens is 339 g/mol. The lowest BCUT2D eigenvalue weighted by atomic mass is 9.83. The van der Waals surface area contributed by atoms with Gasteiger partial charge in [0.05, 0.1) is 0 Å². The zero-order valence-electron chi connectivity index (χ0n) is 15.7. The fourth-order valence-electron chi connectivity index (χ4n) is 5.01. The molecule has 4 heteroatoms. The number of anilines is 1. The number of halogens is 1. The van der Waals surface area contributed by atoms with Crippen molar-refractivity contribution in [1.82, 2.24) is 5.32 Å². The molecule has 2 aliphatic rings. The van der Waals surface area contributed by atoms with Crippen molar-refractivity contribution < 1.29 is 9.18 Å². The fourth-order valence-corrected chi connectivity index (χ4v) is 5.01. The van der Waals surface area contributed by atoms with Crippen molar-refractivity contribution in [3.63, 3.8) is 0 Å². The van der Waals surface area contributed by atoms with Crippen LogP contribution in [0.4, 0.5) is 10.1 Å². The van der Waals surface area contributed by atoms with E-state index in [-0.39, 0.29) is 17.8 Å². The highest BCUT2D eigenvalue weighted by Gasteiger charge is 2.42. The summed E-state index contributed by atoms with van der Waals surface area (Å²) in [5, 5.41) is 6.53. The Morgan fingerprint density at radius 2 is 1.78 bits per heavy atom. The summed E-state index contributed by atoms with van der Waals surface area (Å²) < 4.78 is 13.1. The fraction of sp³-hybridized carbons (Fsp3) is 0.435. The van der Waals surface area contributed by atoms with Crippen molar-refractivity contribution in [2.75, 3.05) is 5.32 Å². The third kappa shape index (κ3) is 4.06. The van der Waals surface area contributed by atoms with E-state index in [0.717, 1.165) is 17.4 Å². The molecule has 2 bridgehead atoms. The standard InChI is InChI=1S/C23H27FN2O/c1-15(21-14-16-7-8-18(21)13-16)25-22(17-5-3-2-4-6-17)23(27)26-20-11-9-19(24)10-12-20/h2-6,9-12,15-16,18,21-22,25H,7-8,13-14H2,1H3,(H,26,27)/t15-,16-,18-,21+,22-/m0/s1. The Kier molecular flexibility index (Phi) is 5.26. The predicted molar refractivity (Wildman–Crippen MR) is 106 cm³/mol. The van der Waals surface area contributed by atoms with Crippen LogP contribution in [0.25, 0.3) is 0 Å². The third-order valence-corrected chi connectivity index (χ3v) is 6.37. The first-order valence-corrected chi connectivity index (χ1v) is 9.97. The van der Waals surface area contributed by atoms with Gasteiger partial charge in [-0.3, -0.25) is 10.1 Å². The Morgan fingerprint density at radius 3 is 2.41 bits per heavy atom. The van der Waals surface area contributed by atoms with Gasteiger partial charge >= 0.3 is 0 Å². The number of fused-ring (bicyclic) bond motifs is 2. The van der Waals surface area contributed by atoms with Gasteiger partial charge in [-0.05, 0) is 73.8 Å². The van der Waals surface area contributed by atoms with Crippen molar-refractivity contribution in [3.8, 4) is 0 Å². The van der Waals surface area contributed by atoms with Gasteiger partial charge in [0, 0.05) is 11.7 Å². The van der Waals surface area contributed by atoms with Gasteiger partial charge in [-0.2, -0.15) is 0 Å². The summed E-state index contributed by atoms with van der Waals surface area (Å²) >= 11 is 0. The second-order valence-corrected chi connectivity index (χ2v) is 8.13. The zero-order valence-corrected chi connectivity index (χ0v) is 15.7. The van der Waals surface area contributed by atoms with E-state index >= 15 is 0 Å². The lowest BCUT2D eigenvalue weighted by Gasteiger charge is -2.32. The van der Waals surface area contributed by atoms with E-state index < -0.39 is 6.04 Å². The average molecular weight is 366 g/mol. The Bertz CT molecular complexity index is 777. The topological polar surface area (TPSA) is 41.1 Å². The SMILES string of the molecule is C[C@H](N[C@H](C(=O)Nc1ccc(F)cc1)c1ccccc1)[C@H]1C[C@H]2CC[C@H]1C2. The van der Waals surface area contributed by atoms with Gasteiger partial charge in [0.1, 0.15) is 11.9 Å². The maximum Gasteiger partial charge on any atom is 0.246 e. The first-order chi connectivity index (χ1) is 13.1. The van der Waals surface area contributed by atoms with Crippen molar-refractivity contribution >= 4 is 11.6 Å². The number of carbonyl (C=O) groups excluding carboxylic acids is 1. The molecule has 0 aromatic heterocycles. The molecule has 5 atom stereocenters. The molecule has 2 aliphatic carbocycles. The van der Waals surface area contributed by atoms with Crippen molar-refractivity contribution in [3.05, 3.63) is 66.0 Å². The molecule has 2 aromatic rings. The van der Waals surface area contributed by atoms with Crippen LogP contribution >= 0.6 is 0 Å². The summed E-state index contributed by atoms with van der Waals surface area (Å²) in [5.41, 5.74) is 1.56. The van der Waals surface area contributed by atoms with Gasteiger partial charge in [-0.25, -0.2) is 4.39 Å².